The highest BCUT2D eigenvalue weighted by molar-refractivity contribution is 6.42. The number of carbonyl (C=O) groups is 1. The first-order valence-corrected chi connectivity index (χ1v) is 5.80. The zero-order valence-electron chi connectivity index (χ0n) is 9.08. The Bertz CT molecular complexity index is 628. The minimum Gasteiger partial charge on any atom is -0.366 e. The van der Waals surface area contributed by atoms with Crippen LogP contribution in [-0.2, 0) is 0 Å². The molecule has 0 aromatic heterocycles. The van der Waals surface area contributed by atoms with Crippen molar-refractivity contribution >= 4 is 29.1 Å². The van der Waals surface area contributed by atoms with Crippen molar-refractivity contribution in [2.24, 2.45) is 5.73 Å². The molecule has 0 fully saturated rings. The van der Waals surface area contributed by atoms with Crippen molar-refractivity contribution in [1.82, 2.24) is 0 Å². The van der Waals surface area contributed by atoms with Crippen molar-refractivity contribution in [1.29, 1.82) is 0 Å². The van der Waals surface area contributed by atoms with E-state index in [-0.39, 0.29) is 11.1 Å². The quantitative estimate of drug-likeness (QED) is 0.893. The van der Waals surface area contributed by atoms with Crippen LogP contribution in [0.25, 0.3) is 11.1 Å². The maximum absolute atomic E-state index is 14.1. The molecule has 0 radical (unpaired) electrons. The Morgan fingerprint density at radius 1 is 1.11 bits per heavy atom. The molecule has 2 nitrogen and oxygen atoms in total. The zero-order valence-corrected chi connectivity index (χ0v) is 10.6. The fourth-order valence-corrected chi connectivity index (χ4v) is 1.91. The molecule has 0 heterocycles. The van der Waals surface area contributed by atoms with Gasteiger partial charge in [0.2, 0.25) is 0 Å². The Labute approximate surface area is 113 Å². The van der Waals surface area contributed by atoms with Gasteiger partial charge in [0, 0.05) is 5.56 Å². The Hall–Kier alpha value is -1.58. The minimum absolute atomic E-state index is 0.154. The first-order valence-electron chi connectivity index (χ1n) is 5.04. The summed E-state index contributed by atoms with van der Waals surface area (Å²) >= 11 is 11.7. The predicted molar refractivity (Wildman–Crippen MR) is 70.4 cm³/mol. The maximum Gasteiger partial charge on any atom is 0.251 e. The normalized spacial score (nSPS) is 10.4. The number of halogens is 3. The molecular weight excluding hydrogens is 276 g/mol. The van der Waals surface area contributed by atoms with Crippen molar-refractivity contribution < 1.29 is 9.18 Å². The average molecular weight is 284 g/mol. The average Bonchev–Trinajstić information content (AvgIpc) is 2.33. The van der Waals surface area contributed by atoms with Crippen LogP contribution in [0.3, 0.4) is 0 Å². The molecule has 0 saturated heterocycles. The van der Waals surface area contributed by atoms with Crippen LogP contribution in [0.5, 0.6) is 0 Å². The largest absolute Gasteiger partial charge is 0.366 e. The van der Waals surface area contributed by atoms with Crippen LogP contribution in [0.4, 0.5) is 4.39 Å². The summed E-state index contributed by atoms with van der Waals surface area (Å²) in [5.41, 5.74) is 5.72. The van der Waals surface area contributed by atoms with Crippen molar-refractivity contribution in [2.75, 3.05) is 0 Å². The summed E-state index contributed by atoms with van der Waals surface area (Å²) in [6.07, 6.45) is 0. The van der Waals surface area contributed by atoms with Crippen molar-refractivity contribution in [3.8, 4) is 11.1 Å². The first-order chi connectivity index (χ1) is 8.50. The minimum atomic E-state index is -0.811. The molecule has 2 aromatic carbocycles. The summed E-state index contributed by atoms with van der Waals surface area (Å²) in [7, 11) is 0. The lowest BCUT2D eigenvalue weighted by Crippen LogP contribution is -2.13. The molecular formula is C13H8Cl2FNO. The lowest BCUT2D eigenvalue weighted by Gasteiger charge is -2.07. The van der Waals surface area contributed by atoms with E-state index in [0.717, 1.165) is 0 Å². The Morgan fingerprint density at radius 2 is 1.83 bits per heavy atom. The maximum atomic E-state index is 14.1. The molecule has 92 valence electrons. The van der Waals surface area contributed by atoms with Crippen LogP contribution in [0.2, 0.25) is 10.0 Å². The van der Waals surface area contributed by atoms with Gasteiger partial charge in [0.15, 0.2) is 0 Å². The lowest BCUT2D eigenvalue weighted by atomic mass is 10.0. The molecule has 1 amide bonds. The highest BCUT2D eigenvalue weighted by Gasteiger charge is 2.14. The third-order valence-corrected chi connectivity index (χ3v) is 3.23. The molecule has 0 aliphatic carbocycles. The van der Waals surface area contributed by atoms with Crippen LogP contribution in [0.15, 0.2) is 36.4 Å². The summed E-state index contributed by atoms with van der Waals surface area (Å²) in [5.74, 6) is -1.47. The third-order valence-electron chi connectivity index (χ3n) is 2.49. The number of hydrogen-bond acceptors (Lipinski definition) is 1. The van der Waals surface area contributed by atoms with E-state index in [1.54, 1.807) is 24.3 Å². The molecule has 5 heteroatoms. The molecule has 0 atom stereocenters. The second kappa shape index (κ2) is 4.96. The summed E-state index contributed by atoms with van der Waals surface area (Å²) in [4.78, 5) is 11.1. The van der Waals surface area contributed by atoms with Crippen molar-refractivity contribution in [3.63, 3.8) is 0 Å². The molecule has 0 unspecified atom stereocenters. The first kappa shape index (κ1) is 12.9. The monoisotopic (exact) mass is 283 g/mol. The van der Waals surface area contributed by atoms with Gasteiger partial charge in [0.05, 0.1) is 15.6 Å². The van der Waals surface area contributed by atoms with Crippen molar-refractivity contribution in [2.45, 2.75) is 0 Å². The highest BCUT2D eigenvalue weighted by atomic mass is 35.5. The van der Waals surface area contributed by atoms with E-state index in [4.69, 9.17) is 28.9 Å². The third kappa shape index (κ3) is 2.33. The van der Waals surface area contributed by atoms with Gasteiger partial charge in [-0.15, -0.1) is 0 Å². The van der Waals surface area contributed by atoms with Gasteiger partial charge in [-0.25, -0.2) is 4.39 Å². The Kier molecular flexibility index (Phi) is 3.55. The topological polar surface area (TPSA) is 43.1 Å². The zero-order chi connectivity index (χ0) is 13.3. The molecule has 0 spiro atoms. The van der Waals surface area contributed by atoms with E-state index in [2.05, 4.69) is 0 Å². The van der Waals surface area contributed by atoms with Gasteiger partial charge in [-0.05, 0) is 23.8 Å². The van der Waals surface area contributed by atoms with Crippen LogP contribution in [0.1, 0.15) is 10.4 Å². The summed E-state index contributed by atoms with van der Waals surface area (Å²) < 4.78 is 14.1. The number of nitrogens with two attached hydrogens (primary N) is 1. The molecule has 18 heavy (non-hydrogen) atoms. The molecule has 0 bridgehead atoms. The van der Waals surface area contributed by atoms with Crippen LogP contribution >= 0.6 is 23.2 Å². The molecule has 2 aromatic rings. The smallest absolute Gasteiger partial charge is 0.251 e. The van der Waals surface area contributed by atoms with E-state index in [1.165, 1.54) is 12.1 Å². The van der Waals surface area contributed by atoms with Gasteiger partial charge in [-0.3, -0.25) is 4.79 Å². The summed E-state index contributed by atoms with van der Waals surface area (Å²) in [6.45, 7) is 0. The Balaban J connectivity index is 2.60. The number of hydrogen-bond donors (Lipinski definition) is 1. The van der Waals surface area contributed by atoms with Gasteiger partial charge in [-0.2, -0.15) is 0 Å². The van der Waals surface area contributed by atoms with Gasteiger partial charge in [0.25, 0.3) is 5.91 Å². The molecule has 0 aliphatic rings. The number of carbonyl (C=O) groups excluding carboxylic acids is 1. The molecule has 2 N–H and O–H groups in total. The van der Waals surface area contributed by atoms with E-state index < -0.39 is 11.7 Å². The Morgan fingerprint density at radius 3 is 2.44 bits per heavy atom. The number of rotatable bonds is 2. The second-order valence-electron chi connectivity index (χ2n) is 3.66. The van der Waals surface area contributed by atoms with E-state index >= 15 is 0 Å². The summed E-state index contributed by atoms with van der Waals surface area (Å²) in [6, 6.07) is 9.15. The van der Waals surface area contributed by atoms with Gasteiger partial charge >= 0.3 is 0 Å². The number of primary amides is 1. The fraction of sp³-hybridized carbons (Fsp3) is 0. The van der Waals surface area contributed by atoms with Crippen LogP contribution < -0.4 is 5.73 Å². The van der Waals surface area contributed by atoms with Crippen LogP contribution in [0, 0.1) is 5.82 Å². The number of benzene rings is 2. The standard InChI is InChI=1S/C13H8Cl2FNO/c14-10-5-4-7(6-11(10)15)8-2-1-3-9(12(8)16)13(17)18/h1-6H,(H2,17,18). The highest BCUT2D eigenvalue weighted by Crippen LogP contribution is 2.30. The predicted octanol–water partition coefficient (Wildman–Crippen LogP) is 3.90. The van der Waals surface area contributed by atoms with Crippen LogP contribution in [-0.4, -0.2) is 5.91 Å². The van der Waals surface area contributed by atoms with E-state index in [0.29, 0.717) is 15.6 Å². The van der Waals surface area contributed by atoms with Gasteiger partial charge < -0.3 is 5.73 Å². The molecule has 2 rings (SSSR count). The van der Waals surface area contributed by atoms with E-state index in [9.17, 15) is 9.18 Å². The summed E-state index contributed by atoms with van der Waals surface area (Å²) in [5, 5.41) is 0.699. The number of amides is 1. The van der Waals surface area contributed by atoms with Gasteiger partial charge in [0.1, 0.15) is 5.82 Å². The fourth-order valence-electron chi connectivity index (χ4n) is 1.61. The van der Waals surface area contributed by atoms with E-state index in [1.807, 2.05) is 0 Å². The molecule has 0 saturated carbocycles. The SMILES string of the molecule is NC(=O)c1cccc(-c2ccc(Cl)c(Cl)c2)c1F. The van der Waals surface area contributed by atoms with Gasteiger partial charge in [-0.1, -0.05) is 41.4 Å². The van der Waals surface area contributed by atoms with Crippen molar-refractivity contribution in [3.05, 3.63) is 57.8 Å². The molecule has 0 aliphatic heterocycles. The second-order valence-corrected chi connectivity index (χ2v) is 4.47. The lowest BCUT2D eigenvalue weighted by molar-refractivity contribution is 0.0996.